The zero-order valence-corrected chi connectivity index (χ0v) is 17.8. The minimum absolute atomic E-state index is 0.0175. The fourth-order valence-electron chi connectivity index (χ4n) is 3.76. The molecule has 0 saturated heterocycles. The number of nitrogens with zero attached hydrogens (tertiary/aromatic N) is 5. The van der Waals surface area contributed by atoms with Crippen LogP contribution in [0.15, 0.2) is 59.9 Å². The quantitative estimate of drug-likeness (QED) is 0.287. The van der Waals surface area contributed by atoms with Crippen molar-refractivity contribution in [2.24, 2.45) is 0 Å². The molecule has 7 nitrogen and oxygen atoms in total. The van der Waals surface area contributed by atoms with Gasteiger partial charge in [0.1, 0.15) is 22.7 Å². The lowest BCUT2D eigenvalue weighted by Gasteiger charge is -2.21. The van der Waals surface area contributed by atoms with Crippen LogP contribution in [0.25, 0.3) is 45.5 Å². The molecule has 0 bridgehead atoms. The maximum atomic E-state index is 14.5. The Kier molecular flexibility index (Phi) is 5.04. The Hall–Kier alpha value is -4.35. The molecule has 35 heavy (non-hydrogen) atoms. The number of hydrogen-bond donors (Lipinski definition) is 0. The van der Waals surface area contributed by atoms with Crippen LogP contribution in [0.5, 0.6) is 5.75 Å². The van der Waals surface area contributed by atoms with Crippen LogP contribution in [-0.2, 0) is 5.92 Å². The molecule has 0 saturated carbocycles. The van der Waals surface area contributed by atoms with Crippen LogP contribution >= 0.6 is 0 Å². The number of methoxy groups -OCH3 is 1. The lowest BCUT2D eigenvalue weighted by atomic mass is 10.00. The Morgan fingerprint density at radius 2 is 1.77 bits per heavy atom. The summed E-state index contributed by atoms with van der Waals surface area (Å²) in [5, 5.41) is 7.70. The van der Waals surface area contributed by atoms with Crippen molar-refractivity contribution < 1.29 is 31.1 Å². The molecule has 0 aliphatic rings. The zero-order valence-electron chi connectivity index (χ0n) is 17.8. The fourth-order valence-corrected chi connectivity index (χ4v) is 3.76. The Morgan fingerprint density at radius 1 is 1.03 bits per heavy atom. The minimum atomic E-state index is -5.86. The van der Waals surface area contributed by atoms with Crippen molar-refractivity contribution in [2.75, 3.05) is 7.11 Å². The van der Waals surface area contributed by atoms with Gasteiger partial charge in [0.15, 0.2) is 5.69 Å². The number of rotatable bonds is 5. The number of benzene rings is 1. The highest BCUT2D eigenvalue weighted by Crippen LogP contribution is 2.45. The minimum Gasteiger partial charge on any atom is -0.497 e. The zero-order chi connectivity index (χ0) is 25.0. The van der Waals surface area contributed by atoms with E-state index in [0.29, 0.717) is 16.7 Å². The first-order chi connectivity index (χ1) is 16.7. The molecular formula is C23H14F5N5O2. The highest BCUT2D eigenvalue weighted by molar-refractivity contribution is 5.95. The highest BCUT2D eigenvalue weighted by Gasteiger charge is 2.60. The van der Waals surface area contributed by atoms with E-state index in [1.807, 2.05) is 0 Å². The summed E-state index contributed by atoms with van der Waals surface area (Å²) in [6.07, 6.45) is -3.43. The Balaban J connectivity index is 1.90. The lowest BCUT2D eigenvalue weighted by Crippen LogP contribution is -2.34. The van der Waals surface area contributed by atoms with Crippen LogP contribution in [0.4, 0.5) is 22.0 Å². The number of fused-ring (bicyclic) bond motifs is 3. The van der Waals surface area contributed by atoms with Crippen molar-refractivity contribution in [1.82, 2.24) is 24.6 Å². The molecule has 0 radical (unpaired) electrons. The van der Waals surface area contributed by atoms with Crippen molar-refractivity contribution in [3.8, 4) is 28.5 Å². The first-order valence-corrected chi connectivity index (χ1v) is 10.0. The first-order valence-electron chi connectivity index (χ1n) is 10.0. The van der Waals surface area contributed by atoms with E-state index in [4.69, 9.17) is 9.15 Å². The maximum Gasteiger partial charge on any atom is 0.459 e. The van der Waals surface area contributed by atoms with Gasteiger partial charge in [0, 0.05) is 5.39 Å². The normalized spacial score (nSPS) is 12.4. The fraction of sp³-hybridized carbons (Fsp3) is 0.130. The summed E-state index contributed by atoms with van der Waals surface area (Å²) in [6.45, 7) is 3.72. The molecule has 0 N–H and O–H groups in total. The van der Waals surface area contributed by atoms with Gasteiger partial charge >= 0.3 is 12.1 Å². The molecule has 0 amide bonds. The van der Waals surface area contributed by atoms with Crippen LogP contribution in [0.3, 0.4) is 0 Å². The van der Waals surface area contributed by atoms with Crippen molar-refractivity contribution in [3.63, 3.8) is 0 Å². The van der Waals surface area contributed by atoms with Gasteiger partial charge in [-0.1, -0.05) is 18.7 Å². The van der Waals surface area contributed by atoms with E-state index in [2.05, 4.69) is 26.7 Å². The molecule has 0 aliphatic heterocycles. The van der Waals surface area contributed by atoms with Crippen LogP contribution in [-0.4, -0.2) is 37.9 Å². The van der Waals surface area contributed by atoms with Gasteiger partial charge in [-0.3, -0.25) is 4.40 Å². The summed E-state index contributed by atoms with van der Waals surface area (Å²) >= 11 is 0. The smallest absolute Gasteiger partial charge is 0.459 e. The number of imidazole rings is 1. The summed E-state index contributed by atoms with van der Waals surface area (Å²) in [5.74, 6) is -4.71. The van der Waals surface area contributed by atoms with Crippen molar-refractivity contribution >= 4 is 22.8 Å². The third kappa shape index (κ3) is 3.49. The summed E-state index contributed by atoms with van der Waals surface area (Å²) in [7, 11) is 1.45. The molecular weight excluding hydrogens is 473 g/mol. The van der Waals surface area contributed by atoms with Gasteiger partial charge in [-0.15, -0.1) is 10.2 Å². The Bertz CT molecular complexity index is 1560. The molecule has 4 aromatic heterocycles. The van der Waals surface area contributed by atoms with E-state index >= 15 is 0 Å². The molecule has 0 atom stereocenters. The van der Waals surface area contributed by atoms with Crippen LogP contribution in [0.1, 0.15) is 11.4 Å². The van der Waals surface area contributed by atoms with Gasteiger partial charge in [-0.05, 0) is 47.5 Å². The number of alkyl halides is 5. The van der Waals surface area contributed by atoms with Gasteiger partial charge in [0.2, 0.25) is 6.39 Å². The van der Waals surface area contributed by atoms with E-state index in [1.165, 1.54) is 17.6 Å². The van der Waals surface area contributed by atoms with Crippen LogP contribution in [0, 0.1) is 0 Å². The summed E-state index contributed by atoms with van der Waals surface area (Å²) in [6, 6.07) is 10.1. The van der Waals surface area contributed by atoms with E-state index in [1.54, 1.807) is 36.4 Å². The summed E-state index contributed by atoms with van der Waals surface area (Å²) in [5.41, 5.74) is -0.528. The van der Waals surface area contributed by atoms with Gasteiger partial charge in [0.05, 0.1) is 12.8 Å². The number of halogens is 5. The number of aromatic nitrogens is 5. The highest BCUT2D eigenvalue weighted by atomic mass is 19.4. The predicted octanol–water partition coefficient (Wildman–Crippen LogP) is 5.91. The maximum absolute atomic E-state index is 14.5. The van der Waals surface area contributed by atoms with E-state index in [-0.39, 0.29) is 34.1 Å². The topological polar surface area (TPSA) is 78.3 Å². The molecule has 0 spiro atoms. The van der Waals surface area contributed by atoms with E-state index < -0.39 is 17.8 Å². The average Bonchev–Trinajstić information content (AvgIpc) is 3.50. The second kappa shape index (κ2) is 7.86. The second-order valence-electron chi connectivity index (χ2n) is 7.41. The van der Waals surface area contributed by atoms with Gasteiger partial charge in [-0.2, -0.15) is 22.0 Å². The number of ether oxygens (including phenoxy) is 1. The third-order valence-corrected chi connectivity index (χ3v) is 5.42. The summed E-state index contributed by atoms with van der Waals surface area (Å²) in [4.78, 5) is 8.15. The first kappa shape index (κ1) is 22.4. The molecule has 4 heterocycles. The monoisotopic (exact) mass is 487 g/mol. The Labute approximate surface area is 193 Å². The van der Waals surface area contributed by atoms with Crippen molar-refractivity contribution in [3.05, 3.63) is 66.8 Å². The number of hydrogen-bond acceptors (Lipinski definition) is 6. The second-order valence-corrected chi connectivity index (χ2v) is 7.41. The van der Waals surface area contributed by atoms with E-state index in [0.717, 1.165) is 12.5 Å². The van der Waals surface area contributed by atoms with Crippen LogP contribution in [0.2, 0.25) is 0 Å². The molecule has 0 aliphatic carbocycles. The SMILES string of the molecule is C=Cc1c(-c2nnco2)nc2ccc3c(-c4ccc(OC)cc4)cc(C(F)(F)C(F)(F)F)nc3n12. The van der Waals surface area contributed by atoms with Crippen molar-refractivity contribution in [2.45, 2.75) is 12.1 Å². The standard InChI is InChI=1S/C23H14F5N5O2/c1-3-16-19(21-32-29-11-35-21)31-18-9-8-14-15(12-4-6-13(34-2)7-5-12)10-17(30-20(14)33(16)18)22(24,25)23(26,27)28/h3-11H,1H2,2H3. The number of pyridine rings is 2. The molecule has 5 rings (SSSR count). The predicted molar refractivity (Wildman–Crippen MR) is 116 cm³/mol. The van der Waals surface area contributed by atoms with Gasteiger partial charge in [0.25, 0.3) is 5.89 Å². The molecule has 5 aromatic rings. The van der Waals surface area contributed by atoms with Crippen LogP contribution < -0.4 is 4.74 Å². The molecule has 0 fully saturated rings. The summed E-state index contributed by atoms with van der Waals surface area (Å²) < 4.78 is 80.7. The van der Waals surface area contributed by atoms with Crippen molar-refractivity contribution in [1.29, 1.82) is 0 Å². The molecule has 1 aromatic carbocycles. The molecule has 0 unspecified atom stereocenters. The average molecular weight is 487 g/mol. The van der Waals surface area contributed by atoms with Gasteiger partial charge < -0.3 is 9.15 Å². The van der Waals surface area contributed by atoms with E-state index in [9.17, 15) is 22.0 Å². The molecule has 178 valence electrons. The lowest BCUT2D eigenvalue weighted by molar-refractivity contribution is -0.290. The largest absolute Gasteiger partial charge is 0.497 e. The third-order valence-electron chi connectivity index (χ3n) is 5.42. The molecule has 12 heteroatoms. The van der Waals surface area contributed by atoms with Gasteiger partial charge in [-0.25, -0.2) is 9.97 Å². The Morgan fingerprint density at radius 3 is 2.37 bits per heavy atom.